The van der Waals surface area contributed by atoms with Crippen molar-refractivity contribution in [3.63, 3.8) is 0 Å². The van der Waals surface area contributed by atoms with Gasteiger partial charge in [-0.3, -0.25) is 0 Å². The summed E-state index contributed by atoms with van der Waals surface area (Å²) in [5, 5.41) is 14.0. The molecule has 0 fully saturated rings. The van der Waals surface area contributed by atoms with Gasteiger partial charge in [-0.15, -0.1) is 10.2 Å². The molecule has 1 heterocycles. The average molecular weight is 373 g/mol. The maximum atomic E-state index is 4.29. The van der Waals surface area contributed by atoms with Crippen LogP contribution in [0.5, 0.6) is 0 Å². The Bertz CT molecular complexity index is 498. The molecule has 0 saturated heterocycles. The van der Waals surface area contributed by atoms with E-state index in [1.54, 1.807) is 11.3 Å². The van der Waals surface area contributed by atoms with Crippen LogP contribution in [-0.4, -0.2) is 23.3 Å². The van der Waals surface area contributed by atoms with E-state index in [9.17, 15) is 0 Å². The molecule has 1 aromatic heterocycles. The molecule has 0 aliphatic carbocycles. The minimum atomic E-state index is 1.01. The minimum Gasteiger partial charge on any atom is -0.317 e. The molecule has 0 radical (unpaired) electrons. The van der Waals surface area contributed by atoms with Crippen molar-refractivity contribution in [2.45, 2.75) is 19.8 Å². The molecule has 5 heteroatoms. The molecule has 0 spiro atoms. The Hall–Kier alpha value is -0.530. The molecule has 96 valence electrons. The predicted molar refractivity (Wildman–Crippen MR) is 84.9 cm³/mol. The van der Waals surface area contributed by atoms with Gasteiger partial charge < -0.3 is 5.32 Å². The highest BCUT2D eigenvalue weighted by Gasteiger charge is 2.08. The van der Waals surface area contributed by atoms with E-state index in [0.717, 1.165) is 35.9 Å². The van der Waals surface area contributed by atoms with Crippen LogP contribution >= 0.6 is 33.9 Å². The van der Waals surface area contributed by atoms with E-state index in [-0.39, 0.29) is 0 Å². The summed E-state index contributed by atoms with van der Waals surface area (Å²) in [7, 11) is 0. The zero-order chi connectivity index (χ0) is 12.8. The quantitative estimate of drug-likeness (QED) is 0.624. The third-order valence-electron chi connectivity index (χ3n) is 2.57. The Labute approximate surface area is 125 Å². The lowest BCUT2D eigenvalue weighted by Gasteiger charge is -1.98. The third-order valence-corrected chi connectivity index (χ3v) is 4.52. The number of nitrogens with one attached hydrogen (secondary N) is 1. The number of benzene rings is 1. The normalized spacial score (nSPS) is 10.8. The van der Waals surface area contributed by atoms with Gasteiger partial charge in [0, 0.05) is 15.6 Å². The van der Waals surface area contributed by atoms with Gasteiger partial charge in [-0.2, -0.15) is 0 Å². The summed E-state index contributed by atoms with van der Waals surface area (Å²) in [6.45, 7) is 4.21. The molecule has 2 aromatic rings. The molecule has 18 heavy (non-hydrogen) atoms. The molecule has 2 rings (SSSR count). The molecule has 0 aliphatic heterocycles. The van der Waals surface area contributed by atoms with Crippen LogP contribution < -0.4 is 5.32 Å². The van der Waals surface area contributed by atoms with Crippen LogP contribution in [0, 0.1) is 3.57 Å². The van der Waals surface area contributed by atoms with Gasteiger partial charge in [0.25, 0.3) is 0 Å². The van der Waals surface area contributed by atoms with Crippen LogP contribution in [0.1, 0.15) is 18.4 Å². The van der Waals surface area contributed by atoms with Crippen molar-refractivity contribution in [2.75, 3.05) is 13.1 Å². The molecule has 1 aromatic carbocycles. The largest absolute Gasteiger partial charge is 0.317 e. The van der Waals surface area contributed by atoms with E-state index in [2.05, 4.69) is 57.2 Å². The maximum absolute atomic E-state index is 4.29. The zero-order valence-electron chi connectivity index (χ0n) is 10.3. The number of halogens is 1. The number of nitrogens with zero attached hydrogens (tertiary/aromatic N) is 2. The summed E-state index contributed by atoms with van der Waals surface area (Å²) >= 11 is 4.05. The summed E-state index contributed by atoms with van der Waals surface area (Å²) in [5.41, 5.74) is 1.19. The molecule has 0 atom stereocenters. The summed E-state index contributed by atoms with van der Waals surface area (Å²) in [5.74, 6) is 0. The van der Waals surface area contributed by atoms with E-state index in [1.165, 1.54) is 9.13 Å². The second-order valence-corrected chi connectivity index (χ2v) is 6.16. The standard InChI is InChI=1S/C13H16IN3S/c1-2-15-9-5-8-12-16-17-13(18-12)10-6-3-4-7-11(10)14/h3-4,6-7,15H,2,5,8-9H2,1H3. The van der Waals surface area contributed by atoms with Crippen molar-refractivity contribution < 1.29 is 0 Å². The number of rotatable bonds is 6. The molecule has 0 bridgehead atoms. The Kier molecular flexibility index (Phi) is 5.52. The highest BCUT2D eigenvalue weighted by Crippen LogP contribution is 2.27. The summed E-state index contributed by atoms with van der Waals surface area (Å²) in [6, 6.07) is 8.29. The van der Waals surface area contributed by atoms with Gasteiger partial charge >= 0.3 is 0 Å². The molecule has 0 aliphatic rings. The Balaban J connectivity index is 2.00. The fourth-order valence-electron chi connectivity index (χ4n) is 1.64. The van der Waals surface area contributed by atoms with Gasteiger partial charge in [-0.05, 0) is 48.2 Å². The Morgan fingerprint density at radius 1 is 1.28 bits per heavy atom. The van der Waals surface area contributed by atoms with Gasteiger partial charge in [-0.25, -0.2) is 0 Å². The lowest BCUT2D eigenvalue weighted by atomic mass is 10.2. The van der Waals surface area contributed by atoms with E-state index in [1.807, 2.05) is 12.1 Å². The van der Waals surface area contributed by atoms with Gasteiger partial charge in [0.1, 0.15) is 10.0 Å². The summed E-state index contributed by atoms with van der Waals surface area (Å²) in [4.78, 5) is 0. The smallest absolute Gasteiger partial charge is 0.148 e. The first-order valence-corrected chi connectivity index (χ1v) is 7.98. The number of aromatic nitrogens is 2. The van der Waals surface area contributed by atoms with Crippen molar-refractivity contribution in [3.8, 4) is 10.6 Å². The SMILES string of the molecule is CCNCCCc1nnc(-c2ccccc2I)s1. The Morgan fingerprint density at radius 2 is 2.11 bits per heavy atom. The second-order valence-electron chi connectivity index (χ2n) is 3.94. The van der Waals surface area contributed by atoms with Crippen molar-refractivity contribution >= 4 is 33.9 Å². The molecule has 3 nitrogen and oxygen atoms in total. The van der Waals surface area contributed by atoms with Crippen LogP contribution in [0.2, 0.25) is 0 Å². The number of hydrogen-bond donors (Lipinski definition) is 1. The average Bonchev–Trinajstić information content (AvgIpc) is 2.84. The lowest BCUT2D eigenvalue weighted by Crippen LogP contribution is -2.14. The predicted octanol–water partition coefficient (Wildman–Crippen LogP) is 3.35. The van der Waals surface area contributed by atoms with Crippen molar-refractivity contribution in [3.05, 3.63) is 32.8 Å². The van der Waals surface area contributed by atoms with Crippen LogP contribution in [0.3, 0.4) is 0 Å². The fourth-order valence-corrected chi connectivity index (χ4v) is 3.39. The van der Waals surface area contributed by atoms with Crippen LogP contribution in [0.25, 0.3) is 10.6 Å². The first-order chi connectivity index (χ1) is 8.81. The highest BCUT2D eigenvalue weighted by atomic mass is 127. The van der Waals surface area contributed by atoms with Gasteiger partial charge in [0.2, 0.25) is 0 Å². The van der Waals surface area contributed by atoms with E-state index < -0.39 is 0 Å². The molecular formula is C13H16IN3S. The topological polar surface area (TPSA) is 37.8 Å². The van der Waals surface area contributed by atoms with E-state index in [4.69, 9.17) is 0 Å². The summed E-state index contributed by atoms with van der Waals surface area (Å²) < 4.78 is 1.23. The van der Waals surface area contributed by atoms with E-state index >= 15 is 0 Å². The molecule has 1 N–H and O–H groups in total. The first kappa shape index (κ1) is 13.9. The summed E-state index contributed by atoms with van der Waals surface area (Å²) in [6.07, 6.45) is 2.13. The highest BCUT2D eigenvalue weighted by molar-refractivity contribution is 14.1. The monoisotopic (exact) mass is 373 g/mol. The minimum absolute atomic E-state index is 1.01. The van der Waals surface area contributed by atoms with Gasteiger partial charge in [0.05, 0.1) is 0 Å². The second kappa shape index (κ2) is 7.16. The zero-order valence-corrected chi connectivity index (χ0v) is 13.3. The fraction of sp³-hybridized carbons (Fsp3) is 0.385. The van der Waals surface area contributed by atoms with Gasteiger partial charge in [0.15, 0.2) is 0 Å². The molecule has 0 saturated carbocycles. The first-order valence-electron chi connectivity index (χ1n) is 6.09. The molecule has 0 amide bonds. The van der Waals surface area contributed by atoms with Gasteiger partial charge in [-0.1, -0.05) is 36.5 Å². The Morgan fingerprint density at radius 3 is 2.89 bits per heavy atom. The lowest BCUT2D eigenvalue weighted by molar-refractivity contribution is 0.669. The van der Waals surface area contributed by atoms with Crippen molar-refractivity contribution in [1.29, 1.82) is 0 Å². The molecule has 0 unspecified atom stereocenters. The van der Waals surface area contributed by atoms with Crippen LogP contribution in [0.15, 0.2) is 24.3 Å². The molecular weight excluding hydrogens is 357 g/mol. The number of aryl methyl sites for hydroxylation is 1. The maximum Gasteiger partial charge on any atom is 0.148 e. The third kappa shape index (κ3) is 3.73. The van der Waals surface area contributed by atoms with Crippen molar-refractivity contribution in [1.82, 2.24) is 15.5 Å². The van der Waals surface area contributed by atoms with Crippen molar-refractivity contribution in [2.24, 2.45) is 0 Å². The van der Waals surface area contributed by atoms with Crippen LogP contribution in [0.4, 0.5) is 0 Å². The van der Waals surface area contributed by atoms with Crippen LogP contribution in [-0.2, 0) is 6.42 Å². The van der Waals surface area contributed by atoms with E-state index in [0.29, 0.717) is 0 Å². The number of hydrogen-bond acceptors (Lipinski definition) is 4.